The van der Waals surface area contributed by atoms with E-state index in [0.29, 0.717) is 6.61 Å². The van der Waals surface area contributed by atoms with Gasteiger partial charge in [-0.15, -0.1) is 0 Å². The molecule has 13 heavy (non-hydrogen) atoms. The molecule has 0 radical (unpaired) electrons. The maximum atomic E-state index is 4.95. The molecular formula is C8H17NO2S2. The van der Waals surface area contributed by atoms with Crippen LogP contribution in [0.25, 0.3) is 0 Å². The molecule has 0 aromatic carbocycles. The second kappa shape index (κ2) is 9.15. The summed E-state index contributed by atoms with van der Waals surface area (Å²) in [4.78, 5) is 4.95. The third-order valence-corrected chi connectivity index (χ3v) is 3.19. The SMILES string of the molecule is C1CCCCOOSSNCCC1. The van der Waals surface area contributed by atoms with Gasteiger partial charge in [0.25, 0.3) is 0 Å². The summed E-state index contributed by atoms with van der Waals surface area (Å²) >= 11 is 1.26. The lowest BCUT2D eigenvalue weighted by atomic mass is 10.1. The van der Waals surface area contributed by atoms with Crippen molar-refractivity contribution < 1.29 is 9.22 Å². The Kier molecular flexibility index (Phi) is 8.20. The van der Waals surface area contributed by atoms with E-state index in [1.165, 1.54) is 54.2 Å². The topological polar surface area (TPSA) is 30.5 Å². The van der Waals surface area contributed by atoms with E-state index < -0.39 is 0 Å². The highest BCUT2D eigenvalue weighted by molar-refractivity contribution is 8.74. The van der Waals surface area contributed by atoms with Gasteiger partial charge in [0, 0.05) is 17.5 Å². The van der Waals surface area contributed by atoms with Crippen molar-refractivity contribution in [1.29, 1.82) is 0 Å². The molecule has 0 aliphatic carbocycles. The van der Waals surface area contributed by atoms with Gasteiger partial charge in [-0.1, -0.05) is 25.7 Å². The minimum absolute atomic E-state index is 0.716. The van der Waals surface area contributed by atoms with Crippen LogP contribution < -0.4 is 4.72 Å². The van der Waals surface area contributed by atoms with Crippen LogP contribution in [0.2, 0.25) is 0 Å². The van der Waals surface area contributed by atoms with E-state index in [1.807, 2.05) is 0 Å². The second-order valence-electron chi connectivity index (χ2n) is 3.06. The van der Waals surface area contributed by atoms with Crippen molar-refractivity contribution in [3.63, 3.8) is 0 Å². The molecule has 0 amide bonds. The summed E-state index contributed by atoms with van der Waals surface area (Å²) in [5.41, 5.74) is 0. The van der Waals surface area contributed by atoms with E-state index in [9.17, 15) is 0 Å². The van der Waals surface area contributed by atoms with E-state index in [0.717, 1.165) is 13.0 Å². The Morgan fingerprint density at radius 1 is 0.923 bits per heavy atom. The first-order valence-corrected chi connectivity index (χ1v) is 6.92. The largest absolute Gasteiger partial charge is 0.253 e. The molecule has 1 N–H and O–H groups in total. The molecule has 1 saturated heterocycles. The van der Waals surface area contributed by atoms with E-state index in [1.54, 1.807) is 0 Å². The quantitative estimate of drug-likeness (QED) is 0.295. The zero-order chi connectivity index (χ0) is 9.19. The highest BCUT2D eigenvalue weighted by atomic mass is 33.1. The summed E-state index contributed by atoms with van der Waals surface area (Å²) in [6, 6.07) is 0. The number of hydrogen-bond acceptors (Lipinski definition) is 5. The van der Waals surface area contributed by atoms with Crippen molar-refractivity contribution in [3.05, 3.63) is 0 Å². The van der Waals surface area contributed by atoms with Crippen LogP contribution in [-0.2, 0) is 9.22 Å². The Morgan fingerprint density at radius 3 is 2.62 bits per heavy atom. The van der Waals surface area contributed by atoms with Crippen LogP contribution in [-0.4, -0.2) is 13.2 Å². The molecule has 0 bridgehead atoms. The number of nitrogens with one attached hydrogen (secondary N) is 1. The molecule has 0 aromatic heterocycles. The summed E-state index contributed by atoms with van der Waals surface area (Å²) < 4.78 is 8.06. The maximum absolute atomic E-state index is 4.95. The van der Waals surface area contributed by atoms with E-state index in [-0.39, 0.29) is 0 Å². The summed E-state index contributed by atoms with van der Waals surface area (Å²) in [7, 11) is 1.49. The van der Waals surface area contributed by atoms with Crippen LogP contribution in [0.1, 0.15) is 38.5 Å². The molecule has 0 saturated carbocycles. The fourth-order valence-electron chi connectivity index (χ4n) is 1.20. The van der Waals surface area contributed by atoms with Gasteiger partial charge in [-0.25, -0.2) is 4.89 Å². The molecule has 0 aromatic rings. The summed E-state index contributed by atoms with van der Waals surface area (Å²) in [6.07, 6.45) is 7.63. The fraction of sp³-hybridized carbons (Fsp3) is 1.00. The van der Waals surface area contributed by atoms with Crippen LogP contribution in [0.4, 0.5) is 0 Å². The minimum atomic E-state index is 0.716. The molecule has 1 fully saturated rings. The van der Waals surface area contributed by atoms with E-state index >= 15 is 0 Å². The average Bonchev–Trinajstić information content (AvgIpc) is 2.18. The van der Waals surface area contributed by atoms with Gasteiger partial charge in [0.15, 0.2) is 0 Å². The molecule has 0 spiro atoms. The van der Waals surface area contributed by atoms with Gasteiger partial charge in [0.05, 0.1) is 6.61 Å². The van der Waals surface area contributed by atoms with Gasteiger partial charge in [-0.2, -0.15) is 4.33 Å². The monoisotopic (exact) mass is 223 g/mol. The van der Waals surface area contributed by atoms with Crippen LogP contribution in [0.3, 0.4) is 0 Å². The number of rotatable bonds is 0. The van der Waals surface area contributed by atoms with Crippen molar-refractivity contribution in [2.24, 2.45) is 0 Å². The Bertz CT molecular complexity index is 68.2. The Hall–Kier alpha value is 0.580. The van der Waals surface area contributed by atoms with Crippen molar-refractivity contribution >= 4 is 22.1 Å². The predicted molar refractivity (Wildman–Crippen MR) is 57.9 cm³/mol. The third kappa shape index (κ3) is 7.64. The minimum Gasteiger partial charge on any atom is -0.253 e. The molecule has 78 valence electrons. The van der Waals surface area contributed by atoms with Gasteiger partial charge in [-0.05, 0) is 12.8 Å². The van der Waals surface area contributed by atoms with Gasteiger partial charge in [-0.3, -0.25) is 4.72 Å². The zero-order valence-corrected chi connectivity index (χ0v) is 9.42. The highest BCUT2D eigenvalue weighted by Crippen LogP contribution is 2.19. The first kappa shape index (κ1) is 11.7. The normalized spacial score (nSPS) is 24.0. The van der Waals surface area contributed by atoms with Gasteiger partial charge in [0.2, 0.25) is 0 Å². The molecule has 0 atom stereocenters. The molecule has 3 nitrogen and oxygen atoms in total. The molecule has 1 heterocycles. The van der Waals surface area contributed by atoms with E-state index in [4.69, 9.17) is 9.22 Å². The van der Waals surface area contributed by atoms with E-state index in [2.05, 4.69) is 4.72 Å². The molecule has 1 aliphatic rings. The number of hydrogen-bond donors (Lipinski definition) is 1. The molecule has 5 heteroatoms. The Balaban J connectivity index is 2.01. The van der Waals surface area contributed by atoms with Crippen LogP contribution in [0.15, 0.2) is 0 Å². The lowest BCUT2D eigenvalue weighted by molar-refractivity contribution is -0.189. The second-order valence-corrected chi connectivity index (χ2v) is 4.69. The first-order chi connectivity index (χ1) is 6.50. The Morgan fingerprint density at radius 2 is 1.69 bits per heavy atom. The summed E-state index contributed by atoms with van der Waals surface area (Å²) in [5.74, 6) is 0. The van der Waals surface area contributed by atoms with Crippen molar-refractivity contribution in [3.8, 4) is 0 Å². The lowest BCUT2D eigenvalue weighted by Gasteiger charge is -2.00. The summed E-state index contributed by atoms with van der Waals surface area (Å²) in [5, 5.41) is 0. The first-order valence-electron chi connectivity index (χ1n) is 4.85. The van der Waals surface area contributed by atoms with Gasteiger partial charge in [0.1, 0.15) is 11.1 Å². The maximum Gasteiger partial charge on any atom is 0.118 e. The zero-order valence-electron chi connectivity index (χ0n) is 7.79. The van der Waals surface area contributed by atoms with Crippen LogP contribution >= 0.6 is 22.1 Å². The van der Waals surface area contributed by atoms with Gasteiger partial charge < -0.3 is 0 Å². The standard InChI is InChI=1S/C8H17NO2S2/c1-2-4-6-8-10-11-13-12-9-7-5-3-1/h9H,1-8H2. The summed E-state index contributed by atoms with van der Waals surface area (Å²) in [6.45, 7) is 1.77. The Labute approximate surface area is 88.0 Å². The third-order valence-electron chi connectivity index (χ3n) is 1.93. The van der Waals surface area contributed by atoms with Crippen LogP contribution in [0, 0.1) is 0 Å². The molecule has 1 aliphatic heterocycles. The average molecular weight is 223 g/mol. The molecular weight excluding hydrogens is 206 g/mol. The predicted octanol–water partition coefficient (Wildman–Crippen LogP) is 3.09. The highest BCUT2D eigenvalue weighted by Gasteiger charge is 1.96. The smallest absolute Gasteiger partial charge is 0.118 e. The van der Waals surface area contributed by atoms with Crippen molar-refractivity contribution in [1.82, 2.24) is 4.72 Å². The molecule has 1 rings (SSSR count). The van der Waals surface area contributed by atoms with Crippen LogP contribution in [0.5, 0.6) is 0 Å². The van der Waals surface area contributed by atoms with Gasteiger partial charge >= 0.3 is 0 Å². The molecule has 0 unspecified atom stereocenters. The van der Waals surface area contributed by atoms with Crippen molar-refractivity contribution in [2.75, 3.05) is 13.2 Å². The fourth-order valence-corrected chi connectivity index (χ4v) is 2.20. The lowest BCUT2D eigenvalue weighted by Crippen LogP contribution is -2.03. The van der Waals surface area contributed by atoms with Crippen molar-refractivity contribution in [2.45, 2.75) is 38.5 Å².